The monoisotopic (exact) mass is 289 g/mol. The van der Waals surface area contributed by atoms with Crippen molar-refractivity contribution in [3.8, 4) is 0 Å². The maximum atomic E-state index is 5.67. The van der Waals surface area contributed by atoms with Crippen LogP contribution in [0.2, 0.25) is 0 Å². The molecule has 0 amide bonds. The summed E-state index contributed by atoms with van der Waals surface area (Å²) in [6, 6.07) is 9.22. The zero-order chi connectivity index (χ0) is 14.7. The Bertz CT molecular complexity index is 459. The third kappa shape index (κ3) is 3.33. The minimum atomic E-state index is 0.428. The molecule has 21 heavy (non-hydrogen) atoms. The minimum Gasteiger partial charge on any atom is -0.377 e. The Labute approximate surface area is 128 Å². The molecular formula is C17H27N3O. The first-order valence-electron chi connectivity index (χ1n) is 8.15. The van der Waals surface area contributed by atoms with E-state index < -0.39 is 0 Å². The van der Waals surface area contributed by atoms with E-state index in [1.54, 1.807) is 0 Å². The summed E-state index contributed by atoms with van der Waals surface area (Å²) in [5.74, 6) is 0. The number of hydrogen-bond donors (Lipinski definition) is 1. The van der Waals surface area contributed by atoms with E-state index >= 15 is 0 Å². The number of para-hydroxylation sites is 2. The molecule has 116 valence electrons. The van der Waals surface area contributed by atoms with Gasteiger partial charge in [0.2, 0.25) is 0 Å². The van der Waals surface area contributed by atoms with E-state index in [4.69, 9.17) is 4.74 Å². The average Bonchev–Trinajstić information content (AvgIpc) is 3.01. The summed E-state index contributed by atoms with van der Waals surface area (Å²) < 4.78 is 5.67. The SMILES string of the molecule is CC(CNCC1CCCO1)N1CCN(C)c2ccccc21. The molecule has 1 aromatic rings. The van der Waals surface area contributed by atoms with E-state index in [9.17, 15) is 0 Å². The Morgan fingerprint density at radius 2 is 2.10 bits per heavy atom. The van der Waals surface area contributed by atoms with E-state index in [1.165, 1.54) is 24.2 Å². The fourth-order valence-electron chi connectivity index (χ4n) is 3.36. The van der Waals surface area contributed by atoms with E-state index in [0.29, 0.717) is 12.1 Å². The molecule has 1 N–H and O–H groups in total. The Morgan fingerprint density at radius 1 is 1.29 bits per heavy atom. The average molecular weight is 289 g/mol. The van der Waals surface area contributed by atoms with Crippen LogP contribution < -0.4 is 15.1 Å². The molecule has 2 heterocycles. The van der Waals surface area contributed by atoms with Crippen molar-refractivity contribution in [2.24, 2.45) is 0 Å². The lowest BCUT2D eigenvalue weighted by molar-refractivity contribution is 0.110. The highest BCUT2D eigenvalue weighted by molar-refractivity contribution is 5.73. The van der Waals surface area contributed by atoms with Crippen LogP contribution in [0.4, 0.5) is 11.4 Å². The number of rotatable bonds is 5. The van der Waals surface area contributed by atoms with Crippen LogP contribution in [-0.2, 0) is 4.74 Å². The number of anilines is 2. The van der Waals surface area contributed by atoms with Gasteiger partial charge in [0.25, 0.3) is 0 Å². The predicted molar refractivity (Wildman–Crippen MR) is 88.4 cm³/mol. The smallest absolute Gasteiger partial charge is 0.0700 e. The summed E-state index contributed by atoms with van der Waals surface area (Å²) in [5, 5.41) is 3.59. The van der Waals surface area contributed by atoms with E-state index in [1.807, 2.05) is 0 Å². The van der Waals surface area contributed by atoms with Gasteiger partial charge in [-0.3, -0.25) is 0 Å². The molecule has 0 aliphatic carbocycles. The summed E-state index contributed by atoms with van der Waals surface area (Å²) in [7, 11) is 2.18. The number of hydrogen-bond acceptors (Lipinski definition) is 4. The largest absolute Gasteiger partial charge is 0.377 e. The number of nitrogens with zero attached hydrogens (tertiary/aromatic N) is 2. The third-order valence-corrected chi connectivity index (χ3v) is 4.65. The van der Waals surface area contributed by atoms with Crippen LogP contribution >= 0.6 is 0 Å². The van der Waals surface area contributed by atoms with E-state index in [0.717, 1.165) is 32.8 Å². The second-order valence-corrected chi connectivity index (χ2v) is 6.25. The second-order valence-electron chi connectivity index (χ2n) is 6.25. The fourth-order valence-corrected chi connectivity index (χ4v) is 3.36. The van der Waals surface area contributed by atoms with Gasteiger partial charge in [0.05, 0.1) is 17.5 Å². The standard InChI is InChI=1S/C17H27N3O/c1-14(12-18-13-15-6-5-11-21-15)20-10-9-19(2)16-7-3-4-8-17(16)20/h3-4,7-8,14-15,18H,5-6,9-13H2,1-2H3. The van der Waals surface area contributed by atoms with Gasteiger partial charge in [-0.25, -0.2) is 0 Å². The summed E-state index contributed by atoms with van der Waals surface area (Å²) in [6.45, 7) is 7.43. The van der Waals surface area contributed by atoms with Crippen molar-refractivity contribution in [3.63, 3.8) is 0 Å². The van der Waals surface area contributed by atoms with Crippen molar-refractivity contribution in [2.75, 3.05) is 49.6 Å². The molecule has 2 atom stereocenters. The first-order valence-corrected chi connectivity index (χ1v) is 8.15. The van der Waals surface area contributed by atoms with E-state index in [2.05, 4.69) is 53.4 Å². The zero-order valence-corrected chi connectivity index (χ0v) is 13.2. The molecule has 2 aliphatic rings. The van der Waals surface area contributed by atoms with Crippen molar-refractivity contribution in [3.05, 3.63) is 24.3 Å². The first kappa shape index (κ1) is 14.7. The number of likely N-dealkylation sites (N-methyl/N-ethyl adjacent to an activating group) is 1. The summed E-state index contributed by atoms with van der Waals surface area (Å²) in [4.78, 5) is 4.87. The van der Waals surface area contributed by atoms with Crippen molar-refractivity contribution >= 4 is 11.4 Å². The van der Waals surface area contributed by atoms with Crippen LogP contribution in [-0.4, -0.2) is 52.0 Å². The van der Waals surface area contributed by atoms with Crippen LogP contribution in [0.1, 0.15) is 19.8 Å². The van der Waals surface area contributed by atoms with Crippen LogP contribution in [0.25, 0.3) is 0 Å². The summed E-state index contributed by atoms with van der Waals surface area (Å²) in [6.07, 6.45) is 2.85. The molecule has 0 bridgehead atoms. The first-order chi connectivity index (χ1) is 10.3. The number of nitrogens with one attached hydrogen (secondary N) is 1. The van der Waals surface area contributed by atoms with Gasteiger partial charge < -0.3 is 19.9 Å². The molecule has 1 saturated heterocycles. The zero-order valence-electron chi connectivity index (χ0n) is 13.2. The van der Waals surface area contributed by atoms with Crippen LogP contribution in [0.15, 0.2) is 24.3 Å². The molecular weight excluding hydrogens is 262 g/mol. The molecule has 2 unspecified atom stereocenters. The van der Waals surface area contributed by atoms with Crippen LogP contribution in [0, 0.1) is 0 Å². The fraction of sp³-hybridized carbons (Fsp3) is 0.647. The maximum Gasteiger partial charge on any atom is 0.0700 e. The van der Waals surface area contributed by atoms with Gasteiger partial charge in [0.1, 0.15) is 0 Å². The van der Waals surface area contributed by atoms with Crippen molar-refractivity contribution < 1.29 is 4.74 Å². The number of ether oxygens (including phenoxy) is 1. The minimum absolute atomic E-state index is 0.428. The van der Waals surface area contributed by atoms with Crippen molar-refractivity contribution in [1.82, 2.24) is 5.32 Å². The van der Waals surface area contributed by atoms with Crippen molar-refractivity contribution in [1.29, 1.82) is 0 Å². The van der Waals surface area contributed by atoms with Gasteiger partial charge in [0, 0.05) is 45.9 Å². The third-order valence-electron chi connectivity index (χ3n) is 4.65. The molecule has 1 fully saturated rings. The maximum absolute atomic E-state index is 5.67. The Balaban J connectivity index is 1.57. The Kier molecular flexibility index (Phi) is 4.66. The Hall–Kier alpha value is -1.26. The molecule has 0 saturated carbocycles. The van der Waals surface area contributed by atoms with Crippen LogP contribution in [0.5, 0.6) is 0 Å². The predicted octanol–water partition coefficient (Wildman–Crippen LogP) is 2.10. The topological polar surface area (TPSA) is 27.7 Å². The summed E-state index contributed by atoms with van der Waals surface area (Å²) >= 11 is 0. The van der Waals surface area contributed by atoms with Gasteiger partial charge in [-0.2, -0.15) is 0 Å². The molecule has 2 aliphatic heterocycles. The normalized spacial score (nSPS) is 23.2. The lowest BCUT2D eigenvalue weighted by Gasteiger charge is -2.40. The Morgan fingerprint density at radius 3 is 2.86 bits per heavy atom. The van der Waals surface area contributed by atoms with Gasteiger partial charge in [-0.05, 0) is 31.9 Å². The van der Waals surface area contributed by atoms with Gasteiger partial charge in [0.15, 0.2) is 0 Å². The molecule has 3 rings (SSSR count). The molecule has 0 radical (unpaired) electrons. The van der Waals surface area contributed by atoms with Gasteiger partial charge >= 0.3 is 0 Å². The van der Waals surface area contributed by atoms with Crippen molar-refractivity contribution in [2.45, 2.75) is 31.9 Å². The summed E-state index contributed by atoms with van der Waals surface area (Å²) in [5.41, 5.74) is 2.70. The molecule has 4 nitrogen and oxygen atoms in total. The lowest BCUT2D eigenvalue weighted by Crippen LogP contribution is -2.48. The molecule has 1 aromatic carbocycles. The lowest BCUT2D eigenvalue weighted by atomic mass is 10.1. The van der Waals surface area contributed by atoms with Gasteiger partial charge in [-0.15, -0.1) is 0 Å². The molecule has 0 spiro atoms. The van der Waals surface area contributed by atoms with Crippen LogP contribution in [0.3, 0.4) is 0 Å². The number of fused-ring (bicyclic) bond motifs is 1. The highest BCUT2D eigenvalue weighted by Crippen LogP contribution is 2.32. The highest BCUT2D eigenvalue weighted by Gasteiger charge is 2.23. The quantitative estimate of drug-likeness (QED) is 0.898. The molecule has 4 heteroatoms. The molecule has 0 aromatic heterocycles. The highest BCUT2D eigenvalue weighted by atomic mass is 16.5. The second kappa shape index (κ2) is 6.67. The van der Waals surface area contributed by atoms with Gasteiger partial charge in [-0.1, -0.05) is 12.1 Å². The van der Waals surface area contributed by atoms with E-state index in [-0.39, 0.29) is 0 Å². The number of benzene rings is 1.